The van der Waals surface area contributed by atoms with Crippen molar-refractivity contribution in [2.24, 2.45) is 11.8 Å². The van der Waals surface area contributed by atoms with E-state index in [4.69, 9.17) is 17.4 Å². The summed E-state index contributed by atoms with van der Waals surface area (Å²) < 4.78 is 0. The number of hydrogen-bond donors (Lipinski definition) is 2. The van der Waals surface area contributed by atoms with Gasteiger partial charge in [-0.2, -0.15) is 0 Å². The molecule has 88 valence electrons. The summed E-state index contributed by atoms with van der Waals surface area (Å²) >= 11 is 6.16. The van der Waals surface area contributed by atoms with Crippen LogP contribution in [0.4, 0.5) is 5.69 Å². The number of hydrogen-bond acceptors (Lipinski definition) is 3. The van der Waals surface area contributed by atoms with Crippen LogP contribution in [-0.4, -0.2) is 4.98 Å². The first-order chi connectivity index (χ1) is 8.28. The van der Waals surface area contributed by atoms with E-state index in [0.717, 1.165) is 34.6 Å². The maximum atomic E-state index is 6.16. The van der Waals surface area contributed by atoms with Gasteiger partial charge in [0.2, 0.25) is 0 Å². The Bertz CT molecular complexity index is 564. The highest BCUT2D eigenvalue weighted by Crippen LogP contribution is 2.35. The number of fused-ring (bicyclic) bond motifs is 1. The molecule has 1 aromatic carbocycles. The second-order valence-corrected chi connectivity index (χ2v) is 4.99. The van der Waals surface area contributed by atoms with Gasteiger partial charge < -0.3 is 5.43 Å². The monoisotopic (exact) mass is 247 g/mol. The van der Waals surface area contributed by atoms with Crippen LogP contribution in [0.1, 0.15) is 18.5 Å². The molecule has 0 aliphatic heterocycles. The van der Waals surface area contributed by atoms with Crippen LogP contribution in [-0.2, 0) is 6.42 Å². The van der Waals surface area contributed by atoms with Gasteiger partial charge in [-0.05, 0) is 37.3 Å². The summed E-state index contributed by atoms with van der Waals surface area (Å²) in [5, 5.41) is 1.72. The quantitative estimate of drug-likeness (QED) is 0.647. The molecule has 0 unspecified atom stereocenters. The number of nitrogens with two attached hydrogens (primary N) is 1. The van der Waals surface area contributed by atoms with Gasteiger partial charge in [0, 0.05) is 5.39 Å². The van der Waals surface area contributed by atoms with Crippen molar-refractivity contribution in [3.63, 3.8) is 0 Å². The average Bonchev–Trinajstić information content (AvgIpc) is 3.13. The Morgan fingerprint density at radius 2 is 2.24 bits per heavy atom. The van der Waals surface area contributed by atoms with Crippen molar-refractivity contribution in [1.82, 2.24) is 4.98 Å². The number of halogens is 1. The largest absolute Gasteiger partial charge is 0.322 e. The molecular weight excluding hydrogens is 234 g/mol. The number of hydrazine groups is 1. The van der Waals surface area contributed by atoms with Gasteiger partial charge in [0.1, 0.15) is 0 Å². The molecule has 0 radical (unpaired) electrons. The second-order valence-electron chi connectivity index (χ2n) is 4.59. The van der Waals surface area contributed by atoms with Crippen LogP contribution in [0.3, 0.4) is 0 Å². The van der Waals surface area contributed by atoms with E-state index in [1.807, 2.05) is 24.3 Å². The SMILES string of the molecule is NNc1cc2cccc(Cl)c2nc1CC1CC1. The summed E-state index contributed by atoms with van der Waals surface area (Å²) in [5.41, 5.74) is 5.53. The zero-order valence-electron chi connectivity index (χ0n) is 9.41. The molecular formula is C13H14ClN3. The summed E-state index contributed by atoms with van der Waals surface area (Å²) in [6, 6.07) is 7.81. The highest BCUT2D eigenvalue weighted by atomic mass is 35.5. The molecule has 0 saturated heterocycles. The van der Waals surface area contributed by atoms with Gasteiger partial charge in [-0.1, -0.05) is 23.7 Å². The standard InChI is InChI=1S/C13H14ClN3/c14-10-3-1-2-9-7-12(17-15)11(16-13(9)10)6-8-4-5-8/h1-3,7-8,17H,4-6,15H2. The Balaban J connectivity index is 2.14. The summed E-state index contributed by atoms with van der Waals surface area (Å²) in [6.07, 6.45) is 3.58. The van der Waals surface area contributed by atoms with Crippen LogP contribution in [0, 0.1) is 5.92 Å². The fourth-order valence-corrected chi connectivity index (χ4v) is 2.30. The number of para-hydroxylation sites is 1. The van der Waals surface area contributed by atoms with Gasteiger partial charge in [0.25, 0.3) is 0 Å². The Kier molecular flexibility index (Phi) is 2.65. The third-order valence-electron chi connectivity index (χ3n) is 3.21. The highest BCUT2D eigenvalue weighted by Gasteiger charge is 2.23. The van der Waals surface area contributed by atoms with Crippen LogP contribution >= 0.6 is 11.6 Å². The van der Waals surface area contributed by atoms with E-state index in [1.54, 1.807) is 0 Å². The van der Waals surface area contributed by atoms with Crippen LogP contribution < -0.4 is 11.3 Å². The molecule has 3 nitrogen and oxygen atoms in total. The van der Waals surface area contributed by atoms with Crippen molar-refractivity contribution in [3.05, 3.63) is 35.0 Å². The van der Waals surface area contributed by atoms with E-state index >= 15 is 0 Å². The first-order valence-electron chi connectivity index (χ1n) is 5.82. The number of anilines is 1. The lowest BCUT2D eigenvalue weighted by Gasteiger charge is -2.10. The van der Waals surface area contributed by atoms with E-state index in [2.05, 4.69) is 10.4 Å². The van der Waals surface area contributed by atoms with E-state index in [0.29, 0.717) is 5.02 Å². The van der Waals surface area contributed by atoms with Crippen molar-refractivity contribution in [2.45, 2.75) is 19.3 Å². The summed E-state index contributed by atoms with van der Waals surface area (Å²) in [7, 11) is 0. The minimum absolute atomic E-state index is 0.697. The maximum Gasteiger partial charge on any atom is 0.0893 e. The first-order valence-corrected chi connectivity index (χ1v) is 6.20. The van der Waals surface area contributed by atoms with Gasteiger partial charge in [0.15, 0.2) is 0 Å². The van der Waals surface area contributed by atoms with Gasteiger partial charge >= 0.3 is 0 Å². The van der Waals surface area contributed by atoms with Crippen molar-refractivity contribution >= 4 is 28.2 Å². The number of aromatic nitrogens is 1. The van der Waals surface area contributed by atoms with Crippen molar-refractivity contribution in [2.75, 3.05) is 5.43 Å². The Morgan fingerprint density at radius 3 is 2.94 bits per heavy atom. The first kappa shape index (κ1) is 10.8. The lowest BCUT2D eigenvalue weighted by atomic mass is 10.1. The Labute approximate surface area is 105 Å². The number of nitrogens with one attached hydrogen (secondary N) is 1. The predicted octanol–water partition coefficient (Wildman–Crippen LogP) is 3.13. The second kappa shape index (κ2) is 4.17. The molecule has 17 heavy (non-hydrogen) atoms. The third-order valence-corrected chi connectivity index (χ3v) is 3.51. The van der Waals surface area contributed by atoms with Gasteiger partial charge in [-0.3, -0.25) is 5.84 Å². The van der Waals surface area contributed by atoms with Crippen molar-refractivity contribution in [1.29, 1.82) is 0 Å². The Morgan fingerprint density at radius 1 is 1.41 bits per heavy atom. The van der Waals surface area contributed by atoms with Crippen molar-refractivity contribution < 1.29 is 0 Å². The minimum atomic E-state index is 0.697. The van der Waals surface area contributed by atoms with Crippen LogP contribution in [0.15, 0.2) is 24.3 Å². The average molecular weight is 248 g/mol. The number of pyridine rings is 1. The fraction of sp³-hybridized carbons (Fsp3) is 0.308. The van der Waals surface area contributed by atoms with E-state index in [-0.39, 0.29) is 0 Å². The van der Waals surface area contributed by atoms with E-state index in [1.165, 1.54) is 12.8 Å². The zero-order chi connectivity index (χ0) is 11.8. The molecule has 3 N–H and O–H groups in total. The van der Waals surface area contributed by atoms with Crippen molar-refractivity contribution in [3.8, 4) is 0 Å². The van der Waals surface area contributed by atoms with Crippen LogP contribution in [0.2, 0.25) is 5.02 Å². The van der Waals surface area contributed by atoms with Crippen LogP contribution in [0.25, 0.3) is 10.9 Å². The van der Waals surface area contributed by atoms with Gasteiger partial charge in [-0.15, -0.1) is 0 Å². The highest BCUT2D eigenvalue weighted by molar-refractivity contribution is 6.35. The van der Waals surface area contributed by atoms with Gasteiger partial charge in [-0.25, -0.2) is 4.98 Å². The summed E-state index contributed by atoms with van der Waals surface area (Å²) in [4.78, 5) is 4.65. The summed E-state index contributed by atoms with van der Waals surface area (Å²) in [5.74, 6) is 6.33. The summed E-state index contributed by atoms with van der Waals surface area (Å²) in [6.45, 7) is 0. The maximum absolute atomic E-state index is 6.16. The molecule has 1 aromatic heterocycles. The molecule has 0 bridgehead atoms. The third kappa shape index (κ3) is 2.08. The topological polar surface area (TPSA) is 50.9 Å². The molecule has 1 aliphatic rings. The molecule has 1 fully saturated rings. The predicted molar refractivity (Wildman–Crippen MR) is 71.0 cm³/mol. The molecule has 1 heterocycles. The minimum Gasteiger partial charge on any atom is -0.322 e. The Hall–Kier alpha value is -1.32. The molecule has 3 rings (SSSR count). The lowest BCUT2D eigenvalue weighted by Crippen LogP contribution is -2.11. The lowest BCUT2D eigenvalue weighted by molar-refractivity contribution is 0.810. The number of nitrogens with zero attached hydrogens (tertiary/aromatic N) is 1. The smallest absolute Gasteiger partial charge is 0.0893 e. The fourth-order valence-electron chi connectivity index (χ4n) is 2.08. The molecule has 0 spiro atoms. The molecule has 1 saturated carbocycles. The zero-order valence-corrected chi connectivity index (χ0v) is 10.2. The molecule has 0 atom stereocenters. The van der Waals surface area contributed by atoms with Crippen LogP contribution in [0.5, 0.6) is 0 Å². The number of rotatable bonds is 3. The number of nitrogen functional groups attached to an aromatic ring is 1. The molecule has 0 amide bonds. The van der Waals surface area contributed by atoms with E-state index < -0.39 is 0 Å². The number of benzene rings is 1. The molecule has 2 aromatic rings. The van der Waals surface area contributed by atoms with Gasteiger partial charge in [0.05, 0.1) is 21.9 Å². The van der Waals surface area contributed by atoms with E-state index in [9.17, 15) is 0 Å². The molecule has 4 heteroatoms. The molecule has 1 aliphatic carbocycles. The normalized spacial score (nSPS) is 15.2.